The van der Waals surface area contributed by atoms with Gasteiger partial charge in [-0.05, 0) is 43.7 Å². The van der Waals surface area contributed by atoms with Gasteiger partial charge in [-0.1, -0.05) is 0 Å². The standard InChI is InChI=1S/C12H14N2O.ClH/c13-8-10-3-5-11(6-4-10)15-12-2-1-7-14-9-12;/h3-6,12,14H,1-2,7,9H2;1H. The first kappa shape index (κ1) is 12.8. The molecule has 0 saturated carbocycles. The molecule has 4 heteroatoms. The lowest BCUT2D eigenvalue weighted by Gasteiger charge is -2.23. The van der Waals surface area contributed by atoms with Crippen LogP contribution in [-0.2, 0) is 0 Å². The zero-order chi connectivity index (χ0) is 10.5. The summed E-state index contributed by atoms with van der Waals surface area (Å²) in [6.45, 7) is 2.01. The lowest BCUT2D eigenvalue weighted by molar-refractivity contribution is 0.167. The lowest BCUT2D eigenvalue weighted by atomic mass is 10.1. The highest BCUT2D eigenvalue weighted by atomic mass is 35.5. The molecule has 0 amide bonds. The highest BCUT2D eigenvalue weighted by Gasteiger charge is 2.13. The van der Waals surface area contributed by atoms with Gasteiger partial charge in [0.05, 0.1) is 11.6 Å². The summed E-state index contributed by atoms with van der Waals surface area (Å²) < 4.78 is 5.78. The molecule has 16 heavy (non-hydrogen) atoms. The van der Waals surface area contributed by atoms with Gasteiger partial charge >= 0.3 is 0 Å². The minimum Gasteiger partial charge on any atom is -0.489 e. The number of nitriles is 1. The van der Waals surface area contributed by atoms with Gasteiger partial charge in [0.25, 0.3) is 0 Å². The van der Waals surface area contributed by atoms with Gasteiger partial charge < -0.3 is 10.1 Å². The fourth-order valence-electron chi connectivity index (χ4n) is 1.72. The monoisotopic (exact) mass is 238 g/mol. The number of ether oxygens (including phenoxy) is 1. The average molecular weight is 239 g/mol. The van der Waals surface area contributed by atoms with Crippen molar-refractivity contribution in [2.75, 3.05) is 13.1 Å². The summed E-state index contributed by atoms with van der Waals surface area (Å²) in [5, 5.41) is 11.9. The molecule has 1 atom stereocenters. The fourth-order valence-corrected chi connectivity index (χ4v) is 1.72. The van der Waals surface area contributed by atoms with Crippen molar-refractivity contribution in [1.82, 2.24) is 5.32 Å². The van der Waals surface area contributed by atoms with Crippen LogP contribution < -0.4 is 10.1 Å². The average Bonchev–Trinajstić information content (AvgIpc) is 2.31. The largest absolute Gasteiger partial charge is 0.489 e. The van der Waals surface area contributed by atoms with Crippen LogP contribution >= 0.6 is 12.4 Å². The van der Waals surface area contributed by atoms with Gasteiger partial charge in [0.2, 0.25) is 0 Å². The van der Waals surface area contributed by atoms with Crippen LogP contribution in [0.3, 0.4) is 0 Å². The second-order valence-corrected chi connectivity index (χ2v) is 3.72. The van der Waals surface area contributed by atoms with Gasteiger partial charge in [-0.25, -0.2) is 0 Å². The van der Waals surface area contributed by atoms with E-state index >= 15 is 0 Å². The topological polar surface area (TPSA) is 45.0 Å². The molecule has 86 valence electrons. The van der Waals surface area contributed by atoms with E-state index in [1.807, 2.05) is 12.1 Å². The van der Waals surface area contributed by atoms with Gasteiger partial charge in [-0.15, -0.1) is 12.4 Å². The number of nitrogens with one attached hydrogen (secondary N) is 1. The van der Waals surface area contributed by atoms with Crippen LogP contribution in [0.25, 0.3) is 0 Å². The second kappa shape index (κ2) is 6.37. The number of benzene rings is 1. The smallest absolute Gasteiger partial charge is 0.119 e. The van der Waals surface area contributed by atoms with E-state index in [1.54, 1.807) is 12.1 Å². The SMILES string of the molecule is Cl.N#Cc1ccc(OC2CCCNC2)cc1. The number of hydrogen-bond donors (Lipinski definition) is 1. The highest BCUT2D eigenvalue weighted by Crippen LogP contribution is 2.16. The molecule has 0 aliphatic carbocycles. The number of hydrogen-bond acceptors (Lipinski definition) is 3. The van der Waals surface area contributed by atoms with E-state index in [9.17, 15) is 0 Å². The van der Waals surface area contributed by atoms with E-state index in [-0.39, 0.29) is 18.5 Å². The third-order valence-electron chi connectivity index (χ3n) is 2.54. The van der Waals surface area contributed by atoms with Gasteiger partial charge in [0.1, 0.15) is 11.9 Å². The highest BCUT2D eigenvalue weighted by molar-refractivity contribution is 5.85. The molecule has 1 aromatic rings. The van der Waals surface area contributed by atoms with E-state index in [0.717, 1.165) is 25.3 Å². The maximum absolute atomic E-state index is 8.65. The van der Waals surface area contributed by atoms with Crippen LogP contribution in [0.1, 0.15) is 18.4 Å². The van der Waals surface area contributed by atoms with E-state index < -0.39 is 0 Å². The Hall–Kier alpha value is -1.24. The van der Waals surface area contributed by atoms with Crippen molar-refractivity contribution in [1.29, 1.82) is 5.26 Å². The quantitative estimate of drug-likeness (QED) is 0.859. The molecule has 1 aliphatic rings. The van der Waals surface area contributed by atoms with Crippen molar-refractivity contribution in [3.63, 3.8) is 0 Å². The van der Waals surface area contributed by atoms with Crippen molar-refractivity contribution >= 4 is 12.4 Å². The molecule has 1 unspecified atom stereocenters. The predicted molar refractivity (Wildman–Crippen MR) is 64.9 cm³/mol. The Morgan fingerprint density at radius 3 is 2.62 bits per heavy atom. The molecule has 2 rings (SSSR count). The molecule has 1 N–H and O–H groups in total. The third-order valence-corrected chi connectivity index (χ3v) is 2.54. The Morgan fingerprint density at radius 2 is 2.06 bits per heavy atom. The van der Waals surface area contributed by atoms with Gasteiger partial charge in [-0.3, -0.25) is 0 Å². The summed E-state index contributed by atoms with van der Waals surface area (Å²) in [5.74, 6) is 0.850. The summed E-state index contributed by atoms with van der Waals surface area (Å²) in [5.41, 5.74) is 0.670. The van der Waals surface area contributed by atoms with E-state index in [4.69, 9.17) is 10.00 Å². The van der Waals surface area contributed by atoms with E-state index in [0.29, 0.717) is 5.56 Å². The first-order chi connectivity index (χ1) is 7.38. The van der Waals surface area contributed by atoms with Crippen LogP contribution in [0.5, 0.6) is 5.75 Å². The van der Waals surface area contributed by atoms with E-state index in [1.165, 1.54) is 6.42 Å². The predicted octanol–water partition coefficient (Wildman–Crippen LogP) is 2.11. The Kier molecular flexibility index (Phi) is 5.10. The number of nitrogens with zero attached hydrogens (tertiary/aromatic N) is 1. The molecule has 0 bridgehead atoms. The molecule has 1 fully saturated rings. The van der Waals surface area contributed by atoms with Gasteiger partial charge in [0.15, 0.2) is 0 Å². The summed E-state index contributed by atoms with van der Waals surface area (Å²) in [4.78, 5) is 0. The molecular formula is C12H15ClN2O. The molecule has 1 saturated heterocycles. The van der Waals surface area contributed by atoms with Crippen molar-refractivity contribution < 1.29 is 4.74 Å². The molecule has 0 aromatic heterocycles. The number of piperidine rings is 1. The third kappa shape index (κ3) is 3.41. The van der Waals surface area contributed by atoms with E-state index in [2.05, 4.69) is 11.4 Å². The molecule has 1 aliphatic heterocycles. The van der Waals surface area contributed by atoms with Crippen molar-refractivity contribution in [3.8, 4) is 11.8 Å². The summed E-state index contributed by atoms with van der Waals surface area (Å²) >= 11 is 0. The van der Waals surface area contributed by atoms with Crippen LogP contribution in [0.15, 0.2) is 24.3 Å². The normalized spacial score (nSPS) is 19.3. The van der Waals surface area contributed by atoms with Crippen LogP contribution in [0, 0.1) is 11.3 Å². The first-order valence-electron chi connectivity index (χ1n) is 5.26. The zero-order valence-corrected chi connectivity index (χ0v) is 9.80. The van der Waals surface area contributed by atoms with Crippen molar-refractivity contribution in [2.45, 2.75) is 18.9 Å². The van der Waals surface area contributed by atoms with Crippen molar-refractivity contribution in [2.24, 2.45) is 0 Å². The van der Waals surface area contributed by atoms with Crippen LogP contribution in [0.2, 0.25) is 0 Å². The van der Waals surface area contributed by atoms with Crippen LogP contribution in [0.4, 0.5) is 0 Å². The first-order valence-corrected chi connectivity index (χ1v) is 5.26. The number of halogens is 1. The molecule has 1 heterocycles. The Bertz CT molecular complexity index is 352. The lowest BCUT2D eigenvalue weighted by Crippen LogP contribution is -2.37. The van der Waals surface area contributed by atoms with Gasteiger partial charge in [0, 0.05) is 6.54 Å². The summed E-state index contributed by atoms with van der Waals surface area (Å²) in [7, 11) is 0. The molecule has 3 nitrogen and oxygen atoms in total. The van der Waals surface area contributed by atoms with Crippen LogP contribution in [-0.4, -0.2) is 19.2 Å². The molecule has 0 radical (unpaired) electrons. The molecule has 1 aromatic carbocycles. The van der Waals surface area contributed by atoms with Gasteiger partial charge in [-0.2, -0.15) is 5.26 Å². The molecule has 0 spiro atoms. The maximum Gasteiger partial charge on any atom is 0.119 e. The number of rotatable bonds is 2. The molecular weight excluding hydrogens is 224 g/mol. The zero-order valence-electron chi connectivity index (χ0n) is 8.98. The summed E-state index contributed by atoms with van der Waals surface area (Å²) in [6, 6.07) is 9.37. The minimum absolute atomic E-state index is 0. The fraction of sp³-hybridized carbons (Fsp3) is 0.417. The minimum atomic E-state index is 0. The second-order valence-electron chi connectivity index (χ2n) is 3.72. The summed E-state index contributed by atoms with van der Waals surface area (Å²) in [6.07, 6.45) is 2.54. The Labute approximate surface area is 102 Å². The Morgan fingerprint density at radius 1 is 1.31 bits per heavy atom. The maximum atomic E-state index is 8.65. The Balaban J connectivity index is 0.00000128. The van der Waals surface area contributed by atoms with Crippen molar-refractivity contribution in [3.05, 3.63) is 29.8 Å².